The highest BCUT2D eigenvalue weighted by molar-refractivity contribution is 5.76. The third-order valence-corrected chi connectivity index (χ3v) is 4.32. The van der Waals surface area contributed by atoms with Crippen LogP contribution in [0.3, 0.4) is 0 Å². The Hall–Kier alpha value is -1.52. The van der Waals surface area contributed by atoms with Crippen molar-refractivity contribution in [2.45, 2.75) is 27.2 Å². The lowest BCUT2D eigenvalue weighted by Crippen LogP contribution is -2.49. The van der Waals surface area contributed by atoms with Crippen molar-refractivity contribution in [2.75, 3.05) is 31.1 Å². The van der Waals surface area contributed by atoms with E-state index >= 15 is 0 Å². The highest BCUT2D eigenvalue weighted by Crippen LogP contribution is 2.18. The predicted octanol–water partition coefficient (Wildman–Crippen LogP) is 1.75. The molecule has 2 rings (SSSR count). The summed E-state index contributed by atoms with van der Waals surface area (Å²) in [6, 6.07) is 0. The van der Waals surface area contributed by atoms with Crippen molar-refractivity contribution in [3.05, 3.63) is 12.4 Å². The summed E-state index contributed by atoms with van der Waals surface area (Å²) in [5.74, 6) is 1.33. The van der Waals surface area contributed by atoms with E-state index in [0.717, 1.165) is 31.9 Å². The molecule has 1 aromatic rings. The lowest BCUT2D eigenvalue weighted by molar-refractivity contribution is -0.132. The molecule has 20 heavy (non-hydrogen) atoms. The zero-order chi connectivity index (χ0) is 14.7. The third kappa shape index (κ3) is 3.52. The van der Waals surface area contributed by atoms with Gasteiger partial charge in [0, 0.05) is 45.8 Å². The van der Waals surface area contributed by atoms with E-state index in [9.17, 15) is 4.79 Å². The first-order chi connectivity index (χ1) is 9.47. The van der Waals surface area contributed by atoms with E-state index in [1.54, 1.807) is 0 Å². The van der Waals surface area contributed by atoms with Crippen LogP contribution < -0.4 is 4.90 Å². The maximum absolute atomic E-state index is 12.3. The second kappa shape index (κ2) is 6.29. The second-order valence-corrected chi connectivity index (χ2v) is 6.17. The van der Waals surface area contributed by atoms with E-state index in [1.807, 2.05) is 29.0 Å². The molecule has 0 unspecified atom stereocenters. The van der Waals surface area contributed by atoms with Crippen LogP contribution in [0.2, 0.25) is 0 Å². The van der Waals surface area contributed by atoms with Crippen LogP contribution in [0.25, 0.3) is 0 Å². The van der Waals surface area contributed by atoms with Gasteiger partial charge >= 0.3 is 0 Å². The minimum Gasteiger partial charge on any atom is -0.365 e. The normalized spacial score (nSPS) is 17.6. The van der Waals surface area contributed by atoms with Crippen LogP contribution in [0.5, 0.6) is 0 Å². The number of aryl methyl sites for hydroxylation is 1. The molecule has 1 aliphatic rings. The summed E-state index contributed by atoms with van der Waals surface area (Å²) in [4.78, 5) is 16.6. The smallest absolute Gasteiger partial charge is 0.222 e. The Labute approximate surface area is 121 Å². The zero-order valence-corrected chi connectivity index (χ0v) is 13.0. The molecule has 1 fully saturated rings. The first-order valence-electron chi connectivity index (χ1n) is 7.48. The molecule has 1 saturated heterocycles. The van der Waals surface area contributed by atoms with Crippen molar-refractivity contribution >= 4 is 11.6 Å². The number of nitrogens with zero attached hydrogens (tertiary/aromatic N) is 4. The van der Waals surface area contributed by atoms with Crippen molar-refractivity contribution in [3.63, 3.8) is 0 Å². The maximum atomic E-state index is 12.3. The molecule has 1 aliphatic heterocycles. The zero-order valence-electron chi connectivity index (χ0n) is 13.0. The van der Waals surface area contributed by atoms with Crippen molar-refractivity contribution in [1.82, 2.24) is 14.7 Å². The SMILES string of the molecule is CC(C)[C@@H](C)CC(=O)N1CCN(c2cnn(C)c2)CC1. The Kier molecular flexibility index (Phi) is 4.68. The minimum atomic E-state index is 0.303. The molecular formula is C15H26N4O. The summed E-state index contributed by atoms with van der Waals surface area (Å²) < 4.78 is 1.82. The molecule has 112 valence electrons. The summed E-state index contributed by atoms with van der Waals surface area (Å²) in [6.07, 6.45) is 4.58. The van der Waals surface area contributed by atoms with Gasteiger partial charge in [-0.2, -0.15) is 5.10 Å². The fourth-order valence-electron chi connectivity index (χ4n) is 2.43. The number of aromatic nitrogens is 2. The second-order valence-electron chi connectivity index (χ2n) is 6.17. The highest BCUT2D eigenvalue weighted by atomic mass is 16.2. The number of carbonyl (C=O) groups is 1. The summed E-state index contributed by atoms with van der Waals surface area (Å²) in [7, 11) is 1.93. The van der Waals surface area contributed by atoms with Crippen LogP contribution >= 0.6 is 0 Å². The van der Waals surface area contributed by atoms with E-state index in [0.29, 0.717) is 24.2 Å². The van der Waals surface area contributed by atoms with E-state index in [4.69, 9.17) is 0 Å². The quantitative estimate of drug-likeness (QED) is 0.842. The van der Waals surface area contributed by atoms with Gasteiger partial charge in [-0.25, -0.2) is 0 Å². The van der Waals surface area contributed by atoms with Gasteiger partial charge in [0.05, 0.1) is 11.9 Å². The van der Waals surface area contributed by atoms with E-state index in [2.05, 4.69) is 30.8 Å². The number of piperazine rings is 1. The van der Waals surface area contributed by atoms with Gasteiger partial charge in [-0.3, -0.25) is 9.48 Å². The van der Waals surface area contributed by atoms with Gasteiger partial charge in [0.1, 0.15) is 0 Å². The van der Waals surface area contributed by atoms with Crippen LogP contribution in [0, 0.1) is 11.8 Å². The number of hydrogen-bond donors (Lipinski definition) is 0. The molecular weight excluding hydrogens is 252 g/mol. The van der Waals surface area contributed by atoms with Crippen molar-refractivity contribution in [1.29, 1.82) is 0 Å². The number of anilines is 1. The van der Waals surface area contributed by atoms with Crippen molar-refractivity contribution < 1.29 is 4.79 Å². The summed E-state index contributed by atoms with van der Waals surface area (Å²) in [5, 5.41) is 4.20. The molecule has 0 spiro atoms. The monoisotopic (exact) mass is 278 g/mol. The lowest BCUT2D eigenvalue weighted by Gasteiger charge is -2.36. The number of hydrogen-bond acceptors (Lipinski definition) is 3. The fourth-order valence-corrected chi connectivity index (χ4v) is 2.43. The standard InChI is InChI=1S/C15H26N4O/c1-12(2)13(3)9-15(20)19-7-5-18(6-8-19)14-10-16-17(4)11-14/h10-13H,5-9H2,1-4H3/t13-/m0/s1. The Morgan fingerprint density at radius 3 is 2.40 bits per heavy atom. The summed E-state index contributed by atoms with van der Waals surface area (Å²) in [5.41, 5.74) is 1.15. The van der Waals surface area contributed by atoms with Gasteiger partial charge < -0.3 is 9.80 Å². The first-order valence-corrected chi connectivity index (χ1v) is 7.48. The Morgan fingerprint density at radius 2 is 1.90 bits per heavy atom. The maximum Gasteiger partial charge on any atom is 0.222 e. The molecule has 1 atom stereocenters. The van der Waals surface area contributed by atoms with Crippen LogP contribution in [0.4, 0.5) is 5.69 Å². The van der Waals surface area contributed by atoms with Crippen LogP contribution in [0.15, 0.2) is 12.4 Å². The Balaban J connectivity index is 1.83. The Bertz CT molecular complexity index is 446. The molecule has 0 saturated carbocycles. The predicted molar refractivity (Wildman–Crippen MR) is 80.6 cm³/mol. The van der Waals surface area contributed by atoms with Crippen molar-refractivity contribution in [2.24, 2.45) is 18.9 Å². The van der Waals surface area contributed by atoms with Gasteiger partial charge in [0.25, 0.3) is 0 Å². The number of amides is 1. The van der Waals surface area contributed by atoms with E-state index in [1.165, 1.54) is 0 Å². The number of carbonyl (C=O) groups excluding carboxylic acids is 1. The topological polar surface area (TPSA) is 41.4 Å². The molecule has 0 radical (unpaired) electrons. The average Bonchev–Trinajstić information content (AvgIpc) is 2.85. The molecule has 5 nitrogen and oxygen atoms in total. The molecule has 2 heterocycles. The molecule has 0 bridgehead atoms. The van der Waals surface area contributed by atoms with Crippen LogP contribution in [-0.4, -0.2) is 46.8 Å². The van der Waals surface area contributed by atoms with Crippen LogP contribution in [0.1, 0.15) is 27.2 Å². The highest BCUT2D eigenvalue weighted by Gasteiger charge is 2.23. The third-order valence-electron chi connectivity index (χ3n) is 4.32. The summed E-state index contributed by atoms with van der Waals surface area (Å²) in [6.45, 7) is 9.95. The van der Waals surface area contributed by atoms with Gasteiger partial charge in [0.2, 0.25) is 5.91 Å². The molecule has 0 aliphatic carbocycles. The number of rotatable bonds is 4. The van der Waals surface area contributed by atoms with E-state index in [-0.39, 0.29) is 0 Å². The summed E-state index contributed by atoms with van der Waals surface area (Å²) >= 11 is 0. The van der Waals surface area contributed by atoms with Crippen molar-refractivity contribution in [3.8, 4) is 0 Å². The van der Waals surface area contributed by atoms with Gasteiger partial charge in [-0.1, -0.05) is 20.8 Å². The minimum absolute atomic E-state index is 0.303. The van der Waals surface area contributed by atoms with Gasteiger partial charge in [-0.15, -0.1) is 0 Å². The largest absolute Gasteiger partial charge is 0.365 e. The molecule has 1 amide bonds. The van der Waals surface area contributed by atoms with Gasteiger partial charge in [0.15, 0.2) is 0 Å². The Morgan fingerprint density at radius 1 is 1.25 bits per heavy atom. The first kappa shape index (κ1) is 14.9. The fraction of sp³-hybridized carbons (Fsp3) is 0.733. The molecule has 5 heteroatoms. The molecule has 0 aromatic carbocycles. The molecule has 0 N–H and O–H groups in total. The van der Waals surface area contributed by atoms with Crippen LogP contribution in [-0.2, 0) is 11.8 Å². The lowest BCUT2D eigenvalue weighted by atomic mass is 9.94. The van der Waals surface area contributed by atoms with Gasteiger partial charge in [-0.05, 0) is 11.8 Å². The average molecular weight is 278 g/mol. The molecule has 1 aromatic heterocycles. The van der Waals surface area contributed by atoms with E-state index < -0.39 is 0 Å².